The molecule has 1 N–H and O–H groups in total. The first kappa shape index (κ1) is 15.6. The molecule has 3 nitrogen and oxygen atoms in total. The molecule has 0 fully saturated rings. The van der Waals surface area contributed by atoms with Crippen molar-refractivity contribution in [1.82, 2.24) is 15.2 Å². The van der Waals surface area contributed by atoms with Crippen molar-refractivity contribution in [2.75, 3.05) is 20.6 Å². The van der Waals surface area contributed by atoms with Crippen molar-refractivity contribution in [1.29, 1.82) is 0 Å². The van der Waals surface area contributed by atoms with Gasteiger partial charge in [-0.05, 0) is 32.9 Å². The topological polar surface area (TPSA) is 28.2 Å². The molecular weight excluding hydrogens is 242 g/mol. The predicted octanol–water partition coefficient (Wildman–Crippen LogP) is 2.77. The third kappa shape index (κ3) is 5.46. The van der Waals surface area contributed by atoms with Crippen LogP contribution in [0.5, 0.6) is 0 Å². The van der Waals surface area contributed by atoms with Crippen LogP contribution in [0, 0.1) is 5.92 Å². The molecular formula is C14H27N3S. The molecule has 18 heavy (non-hydrogen) atoms. The fourth-order valence-electron chi connectivity index (χ4n) is 1.98. The molecule has 1 atom stereocenters. The van der Waals surface area contributed by atoms with Crippen LogP contribution in [-0.4, -0.2) is 36.6 Å². The summed E-state index contributed by atoms with van der Waals surface area (Å²) in [5, 5.41) is 4.79. The second-order valence-corrected chi connectivity index (χ2v) is 6.65. The van der Waals surface area contributed by atoms with Gasteiger partial charge in [-0.2, -0.15) is 0 Å². The summed E-state index contributed by atoms with van der Waals surface area (Å²) in [5.41, 5.74) is 0. The van der Waals surface area contributed by atoms with E-state index in [0.29, 0.717) is 6.04 Å². The number of likely N-dealkylation sites (N-methyl/N-ethyl adjacent to an activating group) is 1. The molecule has 0 aliphatic carbocycles. The molecule has 1 aromatic heterocycles. The Bertz CT molecular complexity index is 334. The fraction of sp³-hybridized carbons (Fsp3) is 0.786. The Labute approximate surface area is 116 Å². The minimum Gasteiger partial charge on any atom is -0.310 e. The van der Waals surface area contributed by atoms with Crippen molar-refractivity contribution in [2.45, 2.75) is 46.2 Å². The Morgan fingerprint density at radius 2 is 2.11 bits per heavy atom. The second-order valence-electron chi connectivity index (χ2n) is 5.45. The molecule has 4 heteroatoms. The molecule has 0 aliphatic rings. The van der Waals surface area contributed by atoms with Gasteiger partial charge in [0.15, 0.2) is 0 Å². The molecule has 0 saturated carbocycles. The maximum atomic E-state index is 4.38. The molecule has 0 radical (unpaired) electrons. The van der Waals surface area contributed by atoms with Crippen molar-refractivity contribution in [3.05, 3.63) is 16.1 Å². The van der Waals surface area contributed by atoms with E-state index in [9.17, 15) is 0 Å². The number of hydrogen-bond donors (Lipinski definition) is 1. The summed E-state index contributed by atoms with van der Waals surface area (Å²) >= 11 is 1.82. The Morgan fingerprint density at radius 1 is 1.39 bits per heavy atom. The third-order valence-corrected chi connectivity index (χ3v) is 4.20. The number of aryl methyl sites for hydroxylation is 1. The van der Waals surface area contributed by atoms with Crippen LogP contribution in [0.15, 0.2) is 6.20 Å². The van der Waals surface area contributed by atoms with E-state index in [2.05, 4.69) is 50.1 Å². The van der Waals surface area contributed by atoms with Crippen molar-refractivity contribution >= 4 is 11.3 Å². The van der Waals surface area contributed by atoms with Gasteiger partial charge in [0.1, 0.15) is 0 Å². The van der Waals surface area contributed by atoms with Gasteiger partial charge in [0.05, 0.1) is 5.01 Å². The van der Waals surface area contributed by atoms with Crippen LogP contribution >= 0.6 is 11.3 Å². The molecule has 0 aromatic carbocycles. The van der Waals surface area contributed by atoms with Gasteiger partial charge in [-0.1, -0.05) is 20.8 Å². The maximum absolute atomic E-state index is 4.38. The Morgan fingerprint density at radius 3 is 2.61 bits per heavy atom. The molecule has 104 valence electrons. The minimum absolute atomic E-state index is 0.614. The maximum Gasteiger partial charge on any atom is 0.0925 e. The normalized spacial score (nSPS) is 13.5. The molecule has 1 unspecified atom stereocenters. The number of aromatic nitrogens is 1. The lowest BCUT2D eigenvalue weighted by Crippen LogP contribution is -2.38. The summed E-state index contributed by atoms with van der Waals surface area (Å²) in [5.74, 6) is 0.745. The van der Waals surface area contributed by atoms with Crippen LogP contribution in [-0.2, 0) is 13.0 Å². The zero-order chi connectivity index (χ0) is 13.5. The highest BCUT2D eigenvalue weighted by atomic mass is 32.1. The largest absolute Gasteiger partial charge is 0.310 e. The van der Waals surface area contributed by atoms with Crippen molar-refractivity contribution < 1.29 is 0 Å². The molecule has 1 rings (SSSR count). The average molecular weight is 269 g/mol. The van der Waals surface area contributed by atoms with E-state index in [1.807, 2.05) is 17.5 Å². The van der Waals surface area contributed by atoms with Crippen LogP contribution in [0.25, 0.3) is 0 Å². The van der Waals surface area contributed by atoms with E-state index in [4.69, 9.17) is 0 Å². The van der Waals surface area contributed by atoms with E-state index < -0.39 is 0 Å². The zero-order valence-corrected chi connectivity index (χ0v) is 13.2. The van der Waals surface area contributed by atoms with E-state index >= 15 is 0 Å². The van der Waals surface area contributed by atoms with Crippen molar-refractivity contribution in [2.24, 2.45) is 5.92 Å². The Hall–Kier alpha value is -0.450. The van der Waals surface area contributed by atoms with Gasteiger partial charge in [-0.15, -0.1) is 11.3 Å². The third-order valence-electron chi connectivity index (χ3n) is 3.06. The number of nitrogens with zero attached hydrogens (tertiary/aromatic N) is 2. The van der Waals surface area contributed by atoms with Gasteiger partial charge in [0.25, 0.3) is 0 Å². The quantitative estimate of drug-likeness (QED) is 0.786. The lowest BCUT2D eigenvalue weighted by Gasteiger charge is -2.26. The van der Waals surface area contributed by atoms with Crippen LogP contribution in [0.1, 0.15) is 37.1 Å². The monoisotopic (exact) mass is 269 g/mol. The number of rotatable bonds is 8. The molecule has 0 amide bonds. The summed E-state index contributed by atoms with van der Waals surface area (Å²) < 4.78 is 0. The van der Waals surface area contributed by atoms with Gasteiger partial charge < -0.3 is 10.2 Å². The Balaban J connectivity index is 2.34. The first-order valence-corrected chi connectivity index (χ1v) is 7.65. The lowest BCUT2D eigenvalue weighted by atomic mass is 10.0. The number of thiazole rings is 1. The molecule has 1 aromatic rings. The summed E-state index contributed by atoms with van der Waals surface area (Å²) in [6.45, 7) is 8.71. The summed E-state index contributed by atoms with van der Waals surface area (Å²) in [6.07, 6.45) is 4.28. The predicted molar refractivity (Wildman–Crippen MR) is 80.1 cm³/mol. The average Bonchev–Trinajstić information content (AvgIpc) is 2.75. The summed E-state index contributed by atoms with van der Waals surface area (Å²) in [6, 6.07) is 0.614. The first-order chi connectivity index (χ1) is 8.52. The van der Waals surface area contributed by atoms with E-state index in [1.54, 1.807) is 0 Å². The van der Waals surface area contributed by atoms with Gasteiger partial charge in [0.2, 0.25) is 0 Å². The van der Waals surface area contributed by atoms with Gasteiger partial charge in [-0.3, -0.25) is 0 Å². The standard InChI is InChI=1S/C14H27N3S/c1-6-14-16-10-13(18-14)9-15-8-12(17(4)5)7-11(2)3/h10-12,15H,6-9H2,1-5H3. The molecule has 0 spiro atoms. The first-order valence-electron chi connectivity index (χ1n) is 6.83. The Kier molecular flexibility index (Phi) is 6.82. The lowest BCUT2D eigenvalue weighted by molar-refractivity contribution is 0.247. The highest BCUT2D eigenvalue weighted by Crippen LogP contribution is 2.13. The summed E-state index contributed by atoms with van der Waals surface area (Å²) in [4.78, 5) is 8.04. The van der Waals surface area contributed by atoms with E-state index in [0.717, 1.165) is 25.4 Å². The van der Waals surface area contributed by atoms with Gasteiger partial charge in [-0.25, -0.2) is 4.98 Å². The van der Waals surface area contributed by atoms with E-state index in [1.165, 1.54) is 16.3 Å². The van der Waals surface area contributed by atoms with Crippen LogP contribution in [0.3, 0.4) is 0 Å². The molecule has 0 bridgehead atoms. The van der Waals surface area contributed by atoms with Gasteiger partial charge >= 0.3 is 0 Å². The highest BCUT2D eigenvalue weighted by molar-refractivity contribution is 7.11. The molecule has 1 heterocycles. The SMILES string of the molecule is CCc1ncc(CNCC(CC(C)C)N(C)C)s1. The smallest absolute Gasteiger partial charge is 0.0925 e. The van der Waals surface area contributed by atoms with Crippen LogP contribution in [0.2, 0.25) is 0 Å². The zero-order valence-electron chi connectivity index (χ0n) is 12.4. The van der Waals surface area contributed by atoms with Crippen molar-refractivity contribution in [3.8, 4) is 0 Å². The second kappa shape index (κ2) is 7.87. The summed E-state index contributed by atoms with van der Waals surface area (Å²) in [7, 11) is 4.33. The highest BCUT2D eigenvalue weighted by Gasteiger charge is 2.12. The number of nitrogens with one attached hydrogen (secondary N) is 1. The molecule has 0 aliphatic heterocycles. The minimum atomic E-state index is 0.614. The van der Waals surface area contributed by atoms with Crippen LogP contribution < -0.4 is 5.32 Å². The van der Waals surface area contributed by atoms with Crippen LogP contribution in [0.4, 0.5) is 0 Å². The fourth-order valence-corrected chi connectivity index (χ4v) is 2.81. The van der Waals surface area contributed by atoms with Gasteiger partial charge in [0, 0.05) is 30.2 Å². The molecule has 0 saturated heterocycles. The number of hydrogen-bond acceptors (Lipinski definition) is 4. The van der Waals surface area contributed by atoms with Crippen molar-refractivity contribution in [3.63, 3.8) is 0 Å². The van der Waals surface area contributed by atoms with E-state index in [-0.39, 0.29) is 0 Å².